The molecule has 7 nitrogen and oxygen atoms in total. The lowest BCUT2D eigenvalue weighted by Crippen LogP contribution is -2.53. The second kappa shape index (κ2) is 6.74. The Kier molecular flexibility index (Phi) is 4.37. The van der Waals surface area contributed by atoms with Crippen molar-refractivity contribution in [3.63, 3.8) is 0 Å². The summed E-state index contributed by atoms with van der Waals surface area (Å²) in [6, 6.07) is 4.81. The Hall–Kier alpha value is -3.22. The van der Waals surface area contributed by atoms with E-state index >= 15 is 0 Å². The average Bonchev–Trinajstić information content (AvgIpc) is 2.89. The molecule has 1 aromatic rings. The van der Waals surface area contributed by atoms with Gasteiger partial charge in [0.25, 0.3) is 5.91 Å². The van der Waals surface area contributed by atoms with E-state index < -0.39 is 11.9 Å². The number of carbonyl (C=O) groups excluding carboxylic acids is 4. The molecular formula is C21H21N3O4. The summed E-state index contributed by atoms with van der Waals surface area (Å²) in [6.07, 6.45) is 2.06. The molecule has 1 N–H and O–H groups in total. The first-order valence-corrected chi connectivity index (χ1v) is 9.27. The molecule has 3 aliphatic heterocycles. The van der Waals surface area contributed by atoms with Gasteiger partial charge in [0.05, 0.1) is 5.69 Å². The molecule has 1 aromatic carbocycles. The number of rotatable bonds is 5. The third kappa shape index (κ3) is 2.83. The minimum atomic E-state index is -0.723. The SMILES string of the molecule is C=C(CC1CN(C=O)C1)c1cccc2c1C(=C)C(=O)N2C1CCC(=O)NC1=O. The summed E-state index contributed by atoms with van der Waals surface area (Å²) in [5, 5.41) is 2.31. The van der Waals surface area contributed by atoms with Crippen molar-refractivity contribution in [2.75, 3.05) is 18.0 Å². The normalized spacial score (nSPS) is 22.1. The number of piperidine rings is 1. The largest absolute Gasteiger partial charge is 0.345 e. The number of nitrogens with zero attached hydrogens (tertiary/aromatic N) is 2. The van der Waals surface area contributed by atoms with Gasteiger partial charge in [0.1, 0.15) is 6.04 Å². The Morgan fingerprint density at radius 2 is 2.00 bits per heavy atom. The molecule has 28 heavy (non-hydrogen) atoms. The molecule has 4 rings (SSSR count). The topological polar surface area (TPSA) is 86.8 Å². The van der Waals surface area contributed by atoms with E-state index in [1.807, 2.05) is 12.1 Å². The fourth-order valence-corrected chi connectivity index (χ4v) is 4.24. The fraction of sp³-hybridized carbons (Fsp3) is 0.333. The van der Waals surface area contributed by atoms with Gasteiger partial charge in [-0.05, 0) is 36.0 Å². The van der Waals surface area contributed by atoms with E-state index in [-0.39, 0.29) is 24.7 Å². The van der Waals surface area contributed by atoms with E-state index in [9.17, 15) is 19.2 Å². The Balaban J connectivity index is 1.63. The van der Waals surface area contributed by atoms with Gasteiger partial charge in [-0.15, -0.1) is 0 Å². The van der Waals surface area contributed by atoms with Gasteiger partial charge in [-0.25, -0.2) is 0 Å². The number of fused-ring (bicyclic) bond motifs is 1. The molecule has 4 amide bonds. The van der Waals surface area contributed by atoms with E-state index in [1.165, 1.54) is 4.90 Å². The molecule has 1 unspecified atom stereocenters. The minimum Gasteiger partial charge on any atom is -0.345 e. The molecule has 144 valence electrons. The van der Waals surface area contributed by atoms with Crippen LogP contribution in [0.4, 0.5) is 5.69 Å². The summed E-state index contributed by atoms with van der Waals surface area (Å²) in [5.74, 6) is -0.748. The maximum Gasteiger partial charge on any atom is 0.259 e. The summed E-state index contributed by atoms with van der Waals surface area (Å²) in [5.41, 5.74) is 3.39. The van der Waals surface area contributed by atoms with Gasteiger partial charge < -0.3 is 4.90 Å². The van der Waals surface area contributed by atoms with Crippen molar-refractivity contribution in [1.82, 2.24) is 10.2 Å². The van der Waals surface area contributed by atoms with E-state index in [4.69, 9.17) is 0 Å². The number of hydrogen-bond donors (Lipinski definition) is 1. The van der Waals surface area contributed by atoms with Crippen LogP contribution in [0.5, 0.6) is 0 Å². The number of anilines is 1. The number of amides is 4. The lowest BCUT2D eigenvalue weighted by atomic mass is 9.87. The smallest absolute Gasteiger partial charge is 0.259 e. The molecule has 1 atom stereocenters. The highest BCUT2D eigenvalue weighted by molar-refractivity contribution is 6.34. The van der Waals surface area contributed by atoms with E-state index in [2.05, 4.69) is 18.5 Å². The number of hydrogen-bond acceptors (Lipinski definition) is 4. The van der Waals surface area contributed by atoms with Crippen LogP contribution in [0, 0.1) is 5.92 Å². The Bertz CT molecular complexity index is 930. The molecule has 2 saturated heterocycles. The fourth-order valence-electron chi connectivity index (χ4n) is 4.24. The molecule has 0 spiro atoms. The third-order valence-corrected chi connectivity index (χ3v) is 5.65. The zero-order valence-corrected chi connectivity index (χ0v) is 15.4. The van der Waals surface area contributed by atoms with Crippen LogP contribution in [0.3, 0.4) is 0 Å². The van der Waals surface area contributed by atoms with Crippen molar-refractivity contribution in [2.45, 2.75) is 25.3 Å². The van der Waals surface area contributed by atoms with Gasteiger partial charge in [-0.1, -0.05) is 25.3 Å². The van der Waals surface area contributed by atoms with Crippen LogP contribution in [0.25, 0.3) is 11.1 Å². The van der Waals surface area contributed by atoms with Gasteiger partial charge in [-0.2, -0.15) is 0 Å². The molecule has 7 heteroatoms. The van der Waals surface area contributed by atoms with E-state index in [0.717, 1.165) is 24.0 Å². The second-order valence-corrected chi connectivity index (χ2v) is 7.55. The number of allylic oxidation sites excluding steroid dienone is 1. The highest BCUT2D eigenvalue weighted by Gasteiger charge is 2.42. The zero-order valence-electron chi connectivity index (χ0n) is 15.4. The summed E-state index contributed by atoms with van der Waals surface area (Å²) >= 11 is 0. The quantitative estimate of drug-likeness (QED) is 0.475. The van der Waals surface area contributed by atoms with Gasteiger partial charge in [-0.3, -0.25) is 29.4 Å². The Labute approximate surface area is 162 Å². The number of carbonyl (C=O) groups is 4. The Morgan fingerprint density at radius 1 is 1.25 bits per heavy atom. The standard InChI is InChI=1S/C21H21N3O4/c1-12(8-14-9-23(10-14)11-25)15-4-3-5-16-19(15)13(2)21(28)24(16)17-6-7-18(26)22-20(17)27/h3-5,11,14,17H,1-2,6-10H2,(H,22,26,27). The predicted molar refractivity (Wildman–Crippen MR) is 104 cm³/mol. The van der Waals surface area contributed by atoms with Crippen molar-refractivity contribution in [2.24, 2.45) is 5.92 Å². The lowest BCUT2D eigenvalue weighted by molar-refractivity contribution is -0.135. The van der Waals surface area contributed by atoms with Gasteiger partial charge in [0, 0.05) is 30.6 Å². The van der Waals surface area contributed by atoms with E-state index in [1.54, 1.807) is 11.0 Å². The average molecular weight is 379 g/mol. The predicted octanol–water partition coefficient (Wildman–Crippen LogP) is 1.34. The van der Waals surface area contributed by atoms with Gasteiger partial charge in [0.2, 0.25) is 18.2 Å². The maximum atomic E-state index is 12.9. The molecule has 0 aromatic heterocycles. The first kappa shape index (κ1) is 18.2. The van der Waals surface area contributed by atoms with Crippen LogP contribution >= 0.6 is 0 Å². The number of nitrogens with one attached hydrogen (secondary N) is 1. The highest BCUT2D eigenvalue weighted by Crippen LogP contribution is 2.43. The molecule has 0 saturated carbocycles. The Morgan fingerprint density at radius 3 is 2.68 bits per heavy atom. The summed E-state index contributed by atoms with van der Waals surface area (Å²) < 4.78 is 0. The second-order valence-electron chi connectivity index (χ2n) is 7.55. The molecule has 0 radical (unpaired) electrons. The third-order valence-electron chi connectivity index (χ3n) is 5.65. The van der Waals surface area contributed by atoms with Crippen molar-refractivity contribution >= 4 is 41.0 Å². The molecule has 3 aliphatic rings. The van der Waals surface area contributed by atoms with Gasteiger partial charge >= 0.3 is 0 Å². The van der Waals surface area contributed by atoms with Crippen LogP contribution < -0.4 is 10.2 Å². The molecular weight excluding hydrogens is 358 g/mol. The van der Waals surface area contributed by atoms with Crippen molar-refractivity contribution in [1.29, 1.82) is 0 Å². The summed E-state index contributed by atoms with van der Waals surface area (Å²) in [7, 11) is 0. The van der Waals surface area contributed by atoms with E-state index in [0.29, 0.717) is 35.8 Å². The summed E-state index contributed by atoms with van der Waals surface area (Å²) in [6.45, 7) is 9.57. The number of likely N-dealkylation sites (tertiary alicyclic amines) is 1. The molecule has 2 fully saturated rings. The number of benzene rings is 1. The molecule has 3 heterocycles. The van der Waals surface area contributed by atoms with Crippen LogP contribution in [0.15, 0.2) is 31.4 Å². The maximum absolute atomic E-state index is 12.9. The first-order valence-electron chi connectivity index (χ1n) is 9.27. The monoisotopic (exact) mass is 379 g/mol. The van der Waals surface area contributed by atoms with Crippen LogP contribution in [0.1, 0.15) is 30.4 Å². The lowest BCUT2D eigenvalue weighted by Gasteiger charge is -2.37. The van der Waals surface area contributed by atoms with Crippen molar-refractivity contribution in [3.8, 4) is 0 Å². The first-order chi connectivity index (χ1) is 13.4. The minimum absolute atomic E-state index is 0.198. The van der Waals surface area contributed by atoms with Crippen molar-refractivity contribution in [3.05, 3.63) is 42.5 Å². The van der Waals surface area contributed by atoms with Crippen molar-refractivity contribution < 1.29 is 19.2 Å². The zero-order chi connectivity index (χ0) is 20.0. The van der Waals surface area contributed by atoms with Gasteiger partial charge in [0.15, 0.2) is 0 Å². The van der Waals surface area contributed by atoms with Crippen LogP contribution in [-0.4, -0.2) is 48.2 Å². The molecule has 0 bridgehead atoms. The highest BCUT2D eigenvalue weighted by atomic mass is 16.2. The number of imide groups is 1. The van der Waals surface area contributed by atoms with Crippen LogP contribution in [0.2, 0.25) is 0 Å². The molecule has 0 aliphatic carbocycles. The van der Waals surface area contributed by atoms with Crippen LogP contribution in [-0.2, 0) is 19.2 Å². The summed E-state index contributed by atoms with van der Waals surface area (Å²) in [4.78, 5) is 50.6.